The van der Waals surface area contributed by atoms with Crippen molar-refractivity contribution in [2.75, 3.05) is 0 Å². The van der Waals surface area contributed by atoms with Crippen LogP contribution in [0.5, 0.6) is 0 Å². The Morgan fingerprint density at radius 1 is 0.526 bits per heavy atom. The van der Waals surface area contributed by atoms with E-state index in [0.717, 1.165) is 35.4 Å². The van der Waals surface area contributed by atoms with Gasteiger partial charge in [-0.15, -0.1) is 0 Å². The first-order chi connectivity index (χ1) is 18.8. The number of rotatable bonds is 18. The molecule has 0 aliphatic heterocycles. The molecule has 0 aliphatic carbocycles. The van der Waals surface area contributed by atoms with Crippen LogP contribution in [0.15, 0.2) is 48.8 Å². The average molecular weight is 509 g/mol. The molecule has 2 heterocycles. The van der Waals surface area contributed by atoms with Gasteiger partial charge in [-0.25, -0.2) is 0 Å². The molecule has 38 heavy (non-hydrogen) atoms. The molecule has 0 N–H and O–H groups in total. The van der Waals surface area contributed by atoms with Gasteiger partial charge in [0, 0.05) is 23.5 Å². The molecule has 0 atom stereocenters. The number of aromatic nitrogens is 2. The molecule has 0 aliphatic rings. The molecule has 0 saturated carbocycles. The lowest BCUT2D eigenvalue weighted by Gasteiger charge is -1.99. The van der Waals surface area contributed by atoms with E-state index in [9.17, 15) is 0 Å². The van der Waals surface area contributed by atoms with E-state index in [4.69, 9.17) is 0 Å². The van der Waals surface area contributed by atoms with Gasteiger partial charge in [-0.05, 0) is 73.9 Å². The lowest BCUT2D eigenvalue weighted by Crippen LogP contribution is -1.83. The largest absolute Gasteiger partial charge is 0.256 e. The van der Waals surface area contributed by atoms with Gasteiger partial charge >= 0.3 is 0 Å². The third-order valence-electron chi connectivity index (χ3n) is 6.57. The van der Waals surface area contributed by atoms with Crippen molar-refractivity contribution >= 4 is 12.2 Å². The molecule has 0 saturated heterocycles. The summed E-state index contributed by atoms with van der Waals surface area (Å²) in [5, 5.41) is 0. The predicted molar refractivity (Wildman–Crippen MR) is 166 cm³/mol. The van der Waals surface area contributed by atoms with E-state index in [0.29, 0.717) is 0 Å². The smallest absolute Gasteiger partial charge is 0.0627 e. The number of hydrogen-bond acceptors (Lipinski definition) is 2. The molecule has 0 aromatic carbocycles. The number of allylic oxidation sites excluding steroid dienone is 2. The predicted octanol–water partition coefficient (Wildman–Crippen LogP) is 10.2. The Bertz CT molecular complexity index is 949. The maximum atomic E-state index is 4.49. The molecular weight excluding hydrogens is 460 g/mol. The van der Waals surface area contributed by atoms with Crippen LogP contribution in [0.2, 0.25) is 0 Å². The molecule has 0 spiro atoms. The topological polar surface area (TPSA) is 25.8 Å². The molecule has 2 nitrogen and oxygen atoms in total. The van der Waals surface area contributed by atoms with Crippen LogP contribution < -0.4 is 0 Å². The van der Waals surface area contributed by atoms with E-state index in [2.05, 4.69) is 71.8 Å². The van der Waals surface area contributed by atoms with E-state index in [1.54, 1.807) is 0 Å². The Morgan fingerprint density at radius 3 is 1.29 bits per heavy atom. The first-order valence-electron chi connectivity index (χ1n) is 15.1. The lowest BCUT2D eigenvalue weighted by molar-refractivity contribution is 0.592. The van der Waals surface area contributed by atoms with Crippen molar-refractivity contribution in [3.05, 3.63) is 71.3 Å². The van der Waals surface area contributed by atoms with Crippen molar-refractivity contribution in [1.82, 2.24) is 9.97 Å². The lowest BCUT2D eigenvalue weighted by atomic mass is 10.1. The van der Waals surface area contributed by atoms with Crippen LogP contribution in [0.4, 0.5) is 0 Å². The Labute approximate surface area is 233 Å². The fraction of sp³-hybridized carbons (Fsp3) is 0.500. The van der Waals surface area contributed by atoms with Gasteiger partial charge in [-0.2, -0.15) is 0 Å². The van der Waals surface area contributed by atoms with E-state index in [1.807, 2.05) is 36.7 Å². The van der Waals surface area contributed by atoms with Crippen LogP contribution in [-0.4, -0.2) is 9.97 Å². The summed E-state index contributed by atoms with van der Waals surface area (Å²) in [5.41, 5.74) is 3.71. The molecule has 202 valence electrons. The first-order valence-corrected chi connectivity index (χ1v) is 15.1. The zero-order chi connectivity index (χ0) is 26.9. The van der Waals surface area contributed by atoms with Gasteiger partial charge in [0.1, 0.15) is 0 Å². The number of hydrogen-bond donors (Lipinski definition) is 0. The minimum Gasteiger partial charge on any atom is -0.256 e. The molecule has 0 radical (unpaired) electrons. The van der Waals surface area contributed by atoms with Gasteiger partial charge in [-0.3, -0.25) is 9.97 Å². The highest BCUT2D eigenvalue weighted by Crippen LogP contribution is 2.11. The second kappa shape index (κ2) is 21.9. The number of nitrogens with zero attached hydrogens (tertiary/aromatic N) is 2. The van der Waals surface area contributed by atoms with Crippen molar-refractivity contribution < 1.29 is 0 Å². The number of pyridine rings is 2. The third kappa shape index (κ3) is 15.9. The van der Waals surface area contributed by atoms with Gasteiger partial charge < -0.3 is 0 Å². The van der Waals surface area contributed by atoms with E-state index < -0.39 is 0 Å². The summed E-state index contributed by atoms with van der Waals surface area (Å²) in [7, 11) is 0. The van der Waals surface area contributed by atoms with Crippen LogP contribution in [0, 0.1) is 23.7 Å². The van der Waals surface area contributed by atoms with Gasteiger partial charge in [-0.1, -0.05) is 115 Å². The molecule has 2 aromatic rings. The van der Waals surface area contributed by atoms with Crippen molar-refractivity contribution in [3.8, 4) is 23.7 Å². The van der Waals surface area contributed by atoms with Crippen molar-refractivity contribution in [2.45, 2.75) is 117 Å². The Balaban J connectivity index is 1.65. The van der Waals surface area contributed by atoms with Crippen LogP contribution in [0.25, 0.3) is 12.2 Å². The summed E-state index contributed by atoms with van der Waals surface area (Å²) in [6.07, 6.45) is 33.4. The van der Waals surface area contributed by atoms with Gasteiger partial charge in [0.05, 0.1) is 11.4 Å². The summed E-state index contributed by atoms with van der Waals surface area (Å²) in [5.74, 6) is 12.0. The normalized spacial score (nSPS) is 10.9. The molecule has 0 unspecified atom stereocenters. The zero-order valence-corrected chi connectivity index (χ0v) is 24.0. The standard InChI is InChI=1S/C36H48N2/c1-3-5-7-9-11-13-15-17-19-25-35-29-27-33(31-37-35)23-21-22-24-34-28-30-36(38-32-34)26-20-18-16-14-12-10-8-6-4-2/h19-20,25-32H,3-18H2,1-2H3/b25-19+,26-20+. The fourth-order valence-electron chi connectivity index (χ4n) is 4.21. The average Bonchev–Trinajstić information content (AvgIpc) is 2.95. The zero-order valence-electron chi connectivity index (χ0n) is 24.0. The Morgan fingerprint density at radius 2 is 0.921 bits per heavy atom. The van der Waals surface area contributed by atoms with Crippen molar-refractivity contribution in [1.29, 1.82) is 0 Å². The second-order valence-electron chi connectivity index (χ2n) is 10.1. The van der Waals surface area contributed by atoms with Crippen LogP contribution in [-0.2, 0) is 0 Å². The quantitative estimate of drug-likeness (QED) is 0.148. The summed E-state index contributed by atoms with van der Waals surface area (Å²) < 4.78 is 0. The highest BCUT2D eigenvalue weighted by molar-refractivity contribution is 5.49. The number of unbranched alkanes of at least 4 members (excludes halogenated alkanes) is 14. The Kier molecular flexibility index (Phi) is 18.0. The molecule has 2 rings (SSSR count). The first kappa shape index (κ1) is 31.1. The van der Waals surface area contributed by atoms with Crippen LogP contribution >= 0.6 is 0 Å². The molecule has 2 aromatic heterocycles. The fourth-order valence-corrected chi connectivity index (χ4v) is 4.21. The van der Waals surface area contributed by atoms with Gasteiger partial charge in [0.15, 0.2) is 0 Å². The van der Waals surface area contributed by atoms with Crippen molar-refractivity contribution in [2.24, 2.45) is 0 Å². The summed E-state index contributed by atoms with van der Waals surface area (Å²) in [4.78, 5) is 8.99. The highest BCUT2D eigenvalue weighted by Gasteiger charge is 1.93. The van der Waals surface area contributed by atoms with E-state index in [1.165, 1.54) is 89.9 Å². The van der Waals surface area contributed by atoms with E-state index >= 15 is 0 Å². The Hall–Kier alpha value is -3.10. The minimum atomic E-state index is 0.878. The molecule has 0 amide bonds. The highest BCUT2D eigenvalue weighted by atomic mass is 14.7. The van der Waals surface area contributed by atoms with E-state index in [-0.39, 0.29) is 0 Å². The SMILES string of the molecule is CCCCCCCCC/C=C/c1ccc(C#CC#Cc2ccc(/C=C/CCCCCCCCC)nc2)cn1. The summed E-state index contributed by atoms with van der Waals surface area (Å²) in [6.45, 7) is 4.53. The van der Waals surface area contributed by atoms with Gasteiger partial charge in [0.25, 0.3) is 0 Å². The molecular formula is C36H48N2. The second-order valence-corrected chi connectivity index (χ2v) is 10.1. The monoisotopic (exact) mass is 508 g/mol. The van der Waals surface area contributed by atoms with Crippen LogP contribution in [0.1, 0.15) is 139 Å². The molecule has 2 heteroatoms. The summed E-state index contributed by atoms with van der Waals surface area (Å²) >= 11 is 0. The van der Waals surface area contributed by atoms with Gasteiger partial charge in [0.2, 0.25) is 0 Å². The maximum absolute atomic E-state index is 4.49. The summed E-state index contributed by atoms with van der Waals surface area (Å²) in [6, 6.07) is 8.04. The minimum absolute atomic E-state index is 0.878. The molecule has 0 fully saturated rings. The van der Waals surface area contributed by atoms with Crippen molar-refractivity contribution in [3.63, 3.8) is 0 Å². The van der Waals surface area contributed by atoms with Crippen LogP contribution in [0.3, 0.4) is 0 Å². The maximum Gasteiger partial charge on any atom is 0.0627 e. The third-order valence-corrected chi connectivity index (χ3v) is 6.57. The molecule has 0 bridgehead atoms.